The van der Waals surface area contributed by atoms with Crippen molar-refractivity contribution in [2.45, 2.75) is 26.8 Å². The Labute approximate surface area is 158 Å². The van der Waals surface area contributed by atoms with Crippen LogP contribution in [0.3, 0.4) is 0 Å². The number of aromatic nitrogens is 2. The van der Waals surface area contributed by atoms with Gasteiger partial charge in [-0.3, -0.25) is 4.98 Å². The largest absolute Gasteiger partial charge is 0.496 e. The summed E-state index contributed by atoms with van der Waals surface area (Å²) in [6, 6.07) is 8.32. The van der Waals surface area contributed by atoms with Crippen molar-refractivity contribution < 1.29 is 14.0 Å². The van der Waals surface area contributed by atoms with Crippen LogP contribution >= 0.6 is 0 Å². The van der Waals surface area contributed by atoms with E-state index >= 15 is 0 Å². The van der Waals surface area contributed by atoms with Gasteiger partial charge in [-0.2, -0.15) is 0 Å². The minimum absolute atomic E-state index is 0.177. The predicted molar refractivity (Wildman–Crippen MR) is 103 cm³/mol. The highest BCUT2D eigenvalue weighted by molar-refractivity contribution is 5.80. The lowest BCUT2D eigenvalue weighted by Gasteiger charge is -2.36. The van der Waals surface area contributed by atoms with Crippen molar-refractivity contribution in [3.8, 4) is 22.6 Å². The van der Waals surface area contributed by atoms with E-state index in [-0.39, 0.29) is 6.04 Å². The maximum absolute atomic E-state index is 5.99. The zero-order valence-electron chi connectivity index (χ0n) is 16.0. The van der Waals surface area contributed by atoms with Crippen LogP contribution in [0.5, 0.6) is 11.5 Å². The van der Waals surface area contributed by atoms with E-state index < -0.39 is 0 Å². The Balaban J connectivity index is 1.80. The highest BCUT2D eigenvalue weighted by Gasteiger charge is 2.27. The van der Waals surface area contributed by atoms with Crippen molar-refractivity contribution in [3.05, 3.63) is 53.7 Å². The molecule has 3 heterocycles. The third-order valence-electron chi connectivity index (χ3n) is 5.12. The molecule has 4 rings (SSSR count). The molecule has 1 unspecified atom stereocenters. The molecular weight excluding hydrogens is 342 g/mol. The first-order chi connectivity index (χ1) is 13.1. The summed E-state index contributed by atoms with van der Waals surface area (Å²) < 4.78 is 17.1. The molecule has 0 aliphatic carbocycles. The van der Waals surface area contributed by atoms with Gasteiger partial charge in [0.25, 0.3) is 0 Å². The maximum atomic E-state index is 5.99. The Morgan fingerprint density at radius 2 is 2.11 bits per heavy atom. The van der Waals surface area contributed by atoms with Gasteiger partial charge in [-0.1, -0.05) is 11.2 Å². The maximum Gasteiger partial charge on any atom is 0.143 e. The fourth-order valence-corrected chi connectivity index (χ4v) is 3.70. The van der Waals surface area contributed by atoms with Gasteiger partial charge in [-0.05, 0) is 38.5 Å². The number of rotatable bonds is 4. The van der Waals surface area contributed by atoms with E-state index in [1.807, 2.05) is 38.2 Å². The summed E-state index contributed by atoms with van der Waals surface area (Å²) in [6.07, 6.45) is 3.71. The van der Waals surface area contributed by atoms with E-state index in [1.165, 1.54) is 5.56 Å². The van der Waals surface area contributed by atoms with Crippen LogP contribution in [-0.2, 0) is 0 Å². The zero-order chi connectivity index (χ0) is 19.0. The van der Waals surface area contributed by atoms with E-state index in [0.717, 1.165) is 46.3 Å². The molecule has 140 valence electrons. The Hall–Kier alpha value is -3.02. The molecule has 1 aromatic carbocycles. The number of methoxy groups -OCH3 is 1. The lowest BCUT2D eigenvalue weighted by atomic mass is 10.00. The molecule has 1 aliphatic heterocycles. The Bertz CT molecular complexity index is 933. The first kappa shape index (κ1) is 17.4. The van der Waals surface area contributed by atoms with Crippen molar-refractivity contribution in [2.75, 3.05) is 25.2 Å². The average molecular weight is 365 g/mol. The molecule has 27 heavy (non-hydrogen) atoms. The number of hydrogen-bond acceptors (Lipinski definition) is 6. The van der Waals surface area contributed by atoms with Gasteiger partial charge in [0, 0.05) is 24.0 Å². The molecule has 6 nitrogen and oxygen atoms in total. The van der Waals surface area contributed by atoms with E-state index in [0.29, 0.717) is 6.61 Å². The van der Waals surface area contributed by atoms with Gasteiger partial charge >= 0.3 is 0 Å². The van der Waals surface area contributed by atoms with Gasteiger partial charge in [-0.15, -0.1) is 0 Å². The second-order valence-corrected chi connectivity index (χ2v) is 6.72. The van der Waals surface area contributed by atoms with Gasteiger partial charge in [0.05, 0.1) is 36.6 Å². The Kier molecular flexibility index (Phi) is 4.48. The smallest absolute Gasteiger partial charge is 0.143 e. The number of pyridine rings is 1. The number of hydrogen-bond donors (Lipinski definition) is 0. The van der Waals surface area contributed by atoms with Crippen LogP contribution in [0.25, 0.3) is 11.1 Å². The summed E-state index contributed by atoms with van der Waals surface area (Å²) in [7, 11) is 1.68. The molecule has 0 radical (unpaired) electrons. The Morgan fingerprint density at radius 1 is 1.26 bits per heavy atom. The van der Waals surface area contributed by atoms with Crippen LogP contribution < -0.4 is 14.4 Å². The fourth-order valence-electron chi connectivity index (χ4n) is 3.70. The summed E-state index contributed by atoms with van der Waals surface area (Å²) in [5.41, 5.74) is 4.91. The molecule has 0 N–H and O–H groups in total. The highest BCUT2D eigenvalue weighted by atomic mass is 16.5. The second-order valence-electron chi connectivity index (χ2n) is 6.72. The van der Waals surface area contributed by atoms with Crippen LogP contribution in [0.4, 0.5) is 5.69 Å². The monoisotopic (exact) mass is 365 g/mol. The van der Waals surface area contributed by atoms with Crippen LogP contribution in [0.1, 0.15) is 30.0 Å². The van der Waals surface area contributed by atoms with Gasteiger partial charge in [0.1, 0.15) is 23.9 Å². The number of fused-ring (bicyclic) bond motifs is 1. The number of ether oxygens (including phenoxy) is 2. The topological polar surface area (TPSA) is 60.6 Å². The molecule has 3 aromatic rings. The molecular formula is C21H23N3O3. The summed E-state index contributed by atoms with van der Waals surface area (Å²) in [5.74, 6) is 2.38. The number of aryl methyl sites for hydroxylation is 2. The quantitative estimate of drug-likeness (QED) is 0.686. The molecule has 0 saturated carbocycles. The third kappa shape index (κ3) is 3.01. The molecule has 0 amide bonds. The standard InChI is InChI=1S/C21H23N3O3/c1-13-21(15(3)27-23-13)17-10-20-18(11-19(17)25-4)24(8-9-26-20)14(2)16-6-5-7-22-12-16/h5-7,10-12,14H,8-9H2,1-4H3. The number of nitrogens with zero attached hydrogens (tertiary/aromatic N) is 3. The summed E-state index contributed by atoms with van der Waals surface area (Å²) >= 11 is 0. The third-order valence-corrected chi connectivity index (χ3v) is 5.12. The molecule has 2 aromatic heterocycles. The molecule has 0 spiro atoms. The van der Waals surface area contributed by atoms with E-state index in [1.54, 1.807) is 13.3 Å². The fraction of sp³-hybridized carbons (Fsp3) is 0.333. The van der Waals surface area contributed by atoms with Crippen molar-refractivity contribution in [1.82, 2.24) is 10.1 Å². The molecule has 1 aliphatic rings. The van der Waals surface area contributed by atoms with Crippen molar-refractivity contribution >= 4 is 5.69 Å². The minimum Gasteiger partial charge on any atom is -0.496 e. The lowest BCUT2D eigenvalue weighted by molar-refractivity contribution is 0.301. The van der Waals surface area contributed by atoms with E-state index in [2.05, 4.69) is 28.0 Å². The average Bonchev–Trinajstić information content (AvgIpc) is 3.04. The first-order valence-corrected chi connectivity index (χ1v) is 9.04. The Morgan fingerprint density at radius 3 is 2.78 bits per heavy atom. The molecule has 0 saturated heterocycles. The number of benzene rings is 1. The lowest BCUT2D eigenvalue weighted by Crippen LogP contribution is -2.35. The second kappa shape index (κ2) is 6.95. The van der Waals surface area contributed by atoms with Gasteiger partial charge < -0.3 is 18.9 Å². The van der Waals surface area contributed by atoms with Crippen molar-refractivity contribution in [1.29, 1.82) is 0 Å². The zero-order valence-corrected chi connectivity index (χ0v) is 16.0. The normalized spacial score (nSPS) is 14.4. The van der Waals surface area contributed by atoms with E-state index in [9.17, 15) is 0 Å². The minimum atomic E-state index is 0.177. The van der Waals surface area contributed by atoms with Crippen LogP contribution in [0.2, 0.25) is 0 Å². The summed E-state index contributed by atoms with van der Waals surface area (Å²) in [4.78, 5) is 6.59. The van der Waals surface area contributed by atoms with Crippen LogP contribution in [0.15, 0.2) is 41.2 Å². The predicted octanol–water partition coefficient (Wildman–Crippen LogP) is 4.32. The van der Waals surface area contributed by atoms with Crippen LogP contribution in [-0.4, -0.2) is 30.4 Å². The number of anilines is 1. The van der Waals surface area contributed by atoms with Gasteiger partial charge in [0.15, 0.2) is 0 Å². The van der Waals surface area contributed by atoms with E-state index in [4.69, 9.17) is 14.0 Å². The van der Waals surface area contributed by atoms with Crippen molar-refractivity contribution in [2.24, 2.45) is 0 Å². The van der Waals surface area contributed by atoms with Crippen molar-refractivity contribution in [3.63, 3.8) is 0 Å². The SMILES string of the molecule is COc1cc2c(cc1-c1c(C)noc1C)OCCN2C(C)c1cccnc1. The highest BCUT2D eigenvalue weighted by Crippen LogP contribution is 2.45. The molecule has 0 fully saturated rings. The molecule has 1 atom stereocenters. The van der Waals surface area contributed by atoms with Gasteiger partial charge in [0.2, 0.25) is 0 Å². The van der Waals surface area contributed by atoms with Crippen LogP contribution in [0, 0.1) is 13.8 Å². The molecule has 0 bridgehead atoms. The summed E-state index contributed by atoms with van der Waals surface area (Å²) in [6.45, 7) is 7.46. The van der Waals surface area contributed by atoms with Gasteiger partial charge in [-0.25, -0.2) is 0 Å². The first-order valence-electron chi connectivity index (χ1n) is 9.04. The molecule has 6 heteroatoms. The summed E-state index contributed by atoms with van der Waals surface area (Å²) in [5, 5.41) is 4.07.